The van der Waals surface area contributed by atoms with E-state index in [-0.39, 0.29) is 23.0 Å². The van der Waals surface area contributed by atoms with Crippen molar-refractivity contribution in [3.8, 4) is 0 Å². The number of nitro benzene ring substituents is 2. The van der Waals surface area contributed by atoms with Crippen LogP contribution in [0.25, 0.3) is 0 Å². The van der Waals surface area contributed by atoms with Crippen LogP contribution in [0.1, 0.15) is 43.6 Å². The standard InChI is InChI=1S/C19H20N4O4/c24-22(25)15-11-12-18(19(13-15)23(26)27)21-20-17-10-6-2-5-9-16(17)14-7-3-1-4-8-14/h1,3-4,7-8,11-13,16,21H,2,5-6,9-10H2/b20-17-/t16-/m1/s1. The second kappa shape index (κ2) is 8.39. The van der Waals surface area contributed by atoms with Crippen molar-refractivity contribution >= 4 is 22.8 Å². The SMILES string of the molecule is O=[N+]([O-])c1ccc(N/N=C2/CCCCC[C@@H]2c2ccccc2)c([N+](=O)[O-])c1. The van der Waals surface area contributed by atoms with Crippen LogP contribution in [-0.2, 0) is 0 Å². The lowest BCUT2D eigenvalue weighted by Crippen LogP contribution is -2.13. The van der Waals surface area contributed by atoms with E-state index in [0.717, 1.165) is 43.9 Å². The number of nitro groups is 2. The van der Waals surface area contributed by atoms with E-state index in [4.69, 9.17) is 0 Å². The van der Waals surface area contributed by atoms with E-state index >= 15 is 0 Å². The minimum absolute atomic E-state index is 0.147. The average Bonchev–Trinajstić information content (AvgIpc) is 2.92. The Kier molecular flexibility index (Phi) is 5.75. The van der Waals surface area contributed by atoms with Crippen LogP contribution in [0.4, 0.5) is 17.1 Å². The van der Waals surface area contributed by atoms with Crippen LogP contribution >= 0.6 is 0 Å². The van der Waals surface area contributed by atoms with Gasteiger partial charge in [-0.3, -0.25) is 25.7 Å². The number of anilines is 1. The molecule has 3 rings (SSSR count). The van der Waals surface area contributed by atoms with Crippen molar-refractivity contribution in [1.82, 2.24) is 0 Å². The van der Waals surface area contributed by atoms with Crippen molar-refractivity contribution in [2.45, 2.75) is 38.0 Å². The highest BCUT2D eigenvalue weighted by atomic mass is 16.6. The lowest BCUT2D eigenvalue weighted by Gasteiger charge is -2.17. The minimum atomic E-state index is -0.653. The van der Waals surface area contributed by atoms with Crippen molar-refractivity contribution in [3.05, 3.63) is 74.3 Å². The van der Waals surface area contributed by atoms with Gasteiger partial charge in [0.05, 0.1) is 15.9 Å². The summed E-state index contributed by atoms with van der Waals surface area (Å²) in [6, 6.07) is 13.6. The van der Waals surface area contributed by atoms with Crippen LogP contribution in [0, 0.1) is 20.2 Å². The molecule has 1 aliphatic rings. The number of nitrogens with one attached hydrogen (secondary N) is 1. The monoisotopic (exact) mass is 368 g/mol. The van der Waals surface area contributed by atoms with Gasteiger partial charge in [0.15, 0.2) is 0 Å². The van der Waals surface area contributed by atoms with E-state index in [1.165, 1.54) is 17.7 Å². The Morgan fingerprint density at radius 3 is 2.44 bits per heavy atom. The average molecular weight is 368 g/mol. The first-order valence-corrected chi connectivity index (χ1v) is 8.86. The van der Waals surface area contributed by atoms with E-state index in [9.17, 15) is 20.2 Å². The van der Waals surface area contributed by atoms with Crippen molar-refractivity contribution < 1.29 is 9.85 Å². The van der Waals surface area contributed by atoms with Crippen molar-refractivity contribution in [1.29, 1.82) is 0 Å². The molecule has 0 saturated heterocycles. The maximum atomic E-state index is 11.3. The number of nitrogens with zero attached hydrogens (tertiary/aromatic N) is 3. The Balaban J connectivity index is 1.90. The zero-order chi connectivity index (χ0) is 19.2. The van der Waals surface area contributed by atoms with Crippen molar-refractivity contribution in [3.63, 3.8) is 0 Å². The molecule has 0 spiro atoms. The number of benzene rings is 2. The Hall–Kier alpha value is -3.29. The molecule has 0 radical (unpaired) electrons. The van der Waals surface area contributed by atoms with Crippen LogP contribution in [0.3, 0.4) is 0 Å². The Morgan fingerprint density at radius 2 is 1.74 bits per heavy atom. The van der Waals surface area contributed by atoms with E-state index in [0.29, 0.717) is 0 Å². The van der Waals surface area contributed by atoms with Crippen LogP contribution in [0.5, 0.6) is 0 Å². The molecule has 8 heteroatoms. The van der Waals surface area contributed by atoms with E-state index in [1.54, 1.807) is 0 Å². The normalized spacial score (nSPS) is 18.7. The number of hydrogen-bond donors (Lipinski definition) is 1. The van der Waals surface area contributed by atoms with Gasteiger partial charge < -0.3 is 0 Å². The predicted octanol–water partition coefficient (Wildman–Crippen LogP) is 5.02. The summed E-state index contributed by atoms with van der Waals surface area (Å²) in [5, 5.41) is 26.6. The number of hydrazone groups is 1. The minimum Gasteiger partial charge on any atom is -0.272 e. The third kappa shape index (κ3) is 4.46. The molecule has 1 aliphatic carbocycles. The van der Waals surface area contributed by atoms with Crippen LogP contribution in [0.2, 0.25) is 0 Å². The lowest BCUT2D eigenvalue weighted by molar-refractivity contribution is -0.393. The first-order chi connectivity index (χ1) is 13.1. The summed E-state index contributed by atoms with van der Waals surface area (Å²) in [5.74, 6) is 0.165. The van der Waals surface area contributed by atoms with Crippen molar-refractivity contribution in [2.24, 2.45) is 5.10 Å². The van der Waals surface area contributed by atoms with Gasteiger partial charge in [0.25, 0.3) is 5.69 Å². The largest absolute Gasteiger partial charge is 0.301 e. The van der Waals surface area contributed by atoms with E-state index in [1.807, 2.05) is 18.2 Å². The summed E-state index contributed by atoms with van der Waals surface area (Å²) in [4.78, 5) is 20.9. The fourth-order valence-electron chi connectivity index (χ4n) is 3.36. The van der Waals surface area contributed by atoms with Gasteiger partial charge in [-0.05, 0) is 30.9 Å². The molecule has 27 heavy (non-hydrogen) atoms. The Labute approximate surface area is 156 Å². The van der Waals surface area contributed by atoms with Gasteiger partial charge in [0, 0.05) is 17.7 Å². The summed E-state index contributed by atoms with van der Waals surface area (Å²) >= 11 is 0. The molecule has 140 valence electrons. The number of non-ortho nitro benzene ring substituents is 1. The molecule has 1 saturated carbocycles. The zero-order valence-electron chi connectivity index (χ0n) is 14.7. The summed E-state index contributed by atoms with van der Waals surface area (Å²) in [6.45, 7) is 0. The molecule has 2 aromatic rings. The molecule has 0 aliphatic heterocycles. The molecule has 0 unspecified atom stereocenters. The molecule has 2 aromatic carbocycles. The van der Waals surface area contributed by atoms with Crippen LogP contribution in [-0.4, -0.2) is 15.6 Å². The van der Waals surface area contributed by atoms with Gasteiger partial charge in [0.1, 0.15) is 5.69 Å². The third-order valence-corrected chi connectivity index (χ3v) is 4.74. The fraction of sp³-hybridized carbons (Fsp3) is 0.316. The van der Waals surface area contributed by atoms with E-state index in [2.05, 4.69) is 22.7 Å². The van der Waals surface area contributed by atoms with Gasteiger partial charge >= 0.3 is 5.69 Å². The molecule has 0 aromatic heterocycles. The molecular formula is C19H20N4O4. The topological polar surface area (TPSA) is 111 Å². The van der Waals surface area contributed by atoms with Crippen LogP contribution in [0.15, 0.2) is 53.6 Å². The lowest BCUT2D eigenvalue weighted by atomic mass is 9.90. The molecule has 1 atom stereocenters. The highest BCUT2D eigenvalue weighted by molar-refractivity contribution is 5.92. The third-order valence-electron chi connectivity index (χ3n) is 4.74. The highest BCUT2D eigenvalue weighted by Crippen LogP contribution is 2.32. The Morgan fingerprint density at radius 1 is 0.963 bits per heavy atom. The zero-order valence-corrected chi connectivity index (χ0v) is 14.7. The molecular weight excluding hydrogens is 348 g/mol. The summed E-state index contributed by atoms with van der Waals surface area (Å²) < 4.78 is 0. The molecule has 0 bridgehead atoms. The van der Waals surface area contributed by atoms with Crippen LogP contribution < -0.4 is 5.43 Å². The summed E-state index contributed by atoms with van der Waals surface area (Å²) in [6.07, 6.45) is 5.04. The summed E-state index contributed by atoms with van der Waals surface area (Å²) in [7, 11) is 0. The van der Waals surface area contributed by atoms with Gasteiger partial charge in [0.2, 0.25) is 0 Å². The van der Waals surface area contributed by atoms with E-state index < -0.39 is 9.85 Å². The number of hydrogen-bond acceptors (Lipinski definition) is 6. The quantitative estimate of drug-likeness (QED) is 0.452. The maximum absolute atomic E-state index is 11.3. The van der Waals surface area contributed by atoms with Gasteiger partial charge in [-0.15, -0.1) is 0 Å². The molecule has 0 amide bonds. The van der Waals surface area contributed by atoms with Gasteiger partial charge in [-0.25, -0.2) is 0 Å². The molecule has 1 fully saturated rings. The van der Waals surface area contributed by atoms with Gasteiger partial charge in [-0.1, -0.05) is 43.2 Å². The second-order valence-electron chi connectivity index (χ2n) is 6.49. The molecule has 0 heterocycles. The molecule has 1 N–H and O–H groups in total. The van der Waals surface area contributed by atoms with Crippen molar-refractivity contribution in [2.75, 3.05) is 5.43 Å². The first kappa shape index (κ1) is 18.5. The van der Waals surface area contributed by atoms with Gasteiger partial charge in [-0.2, -0.15) is 5.10 Å². The first-order valence-electron chi connectivity index (χ1n) is 8.86. The Bertz CT molecular complexity index is 867. The fourth-order valence-corrected chi connectivity index (χ4v) is 3.36. The second-order valence-corrected chi connectivity index (χ2v) is 6.49. The predicted molar refractivity (Wildman–Crippen MR) is 103 cm³/mol. The maximum Gasteiger partial charge on any atom is 0.301 e. The highest BCUT2D eigenvalue weighted by Gasteiger charge is 2.23. The molecule has 8 nitrogen and oxygen atoms in total. The summed E-state index contributed by atoms with van der Waals surface area (Å²) in [5.41, 5.74) is 4.37. The number of rotatable bonds is 5. The smallest absolute Gasteiger partial charge is 0.272 e.